The minimum absolute atomic E-state index is 0.186. The number of aryl methyl sites for hydroxylation is 1. The SMILES string of the molecule is Cc1ccc([N+](=O)[O-])cc1N1C(=O)[C@@H]2[C@H](C1=O)[C@@H]1c3ccccc3C=CN1[C@@H]2C(=O)c1ccccc1. The van der Waals surface area contributed by atoms with Gasteiger partial charge in [-0.2, -0.15) is 0 Å². The van der Waals surface area contributed by atoms with Crippen LogP contribution in [0.25, 0.3) is 6.08 Å². The predicted octanol–water partition coefficient (Wildman–Crippen LogP) is 4.30. The molecular weight excluding hydrogens is 458 g/mol. The van der Waals surface area contributed by atoms with Gasteiger partial charge in [0.1, 0.15) is 6.04 Å². The zero-order valence-corrected chi connectivity index (χ0v) is 19.3. The van der Waals surface area contributed by atoms with Gasteiger partial charge in [0.2, 0.25) is 11.8 Å². The van der Waals surface area contributed by atoms with Crippen LogP contribution in [0.15, 0.2) is 79.0 Å². The van der Waals surface area contributed by atoms with E-state index < -0.39 is 40.7 Å². The highest BCUT2D eigenvalue weighted by Gasteiger charge is 2.64. The van der Waals surface area contributed by atoms with Crippen molar-refractivity contribution in [2.45, 2.75) is 19.0 Å². The second-order valence-electron chi connectivity index (χ2n) is 9.30. The highest BCUT2D eigenvalue weighted by Crippen LogP contribution is 2.54. The number of ketones is 1. The lowest BCUT2D eigenvalue weighted by molar-refractivity contribution is -0.384. The third-order valence-electron chi connectivity index (χ3n) is 7.43. The van der Waals surface area contributed by atoms with Crippen LogP contribution in [0.5, 0.6) is 0 Å². The standard InChI is InChI=1S/C28H21N3O5/c1-16-11-12-19(31(35)36)15-21(16)30-27(33)22-23(28(30)34)25(26(32)18-8-3-2-4-9-18)29-14-13-17-7-5-6-10-20(17)24(22)29/h2-15,22-25H,1H3/t22-,23+,24-,25-/m0/s1. The first-order valence-corrected chi connectivity index (χ1v) is 11.6. The Balaban J connectivity index is 1.51. The van der Waals surface area contributed by atoms with Crippen LogP contribution < -0.4 is 4.90 Å². The molecule has 3 aliphatic rings. The molecule has 8 nitrogen and oxygen atoms in total. The van der Waals surface area contributed by atoms with Crippen molar-refractivity contribution in [3.8, 4) is 0 Å². The van der Waals surface area contributed by atoms with E-state index in [1.54, 1.807) is 37.4 Å². The first-order chi connectivity index (χ1) is 17.4. The predicted molar refractivity (Wildman–Crippen MR) is 132 cm³/mol. The lowest BCUT2D eigenvalue weighted by Crippen LogP contribution is -2.44. The van der Waals surface area contributed by atoms with E-state index in [0.717, 1.165) is 16.0 Å². The summed E-state index contributed by atoms with van der Waals surface area (Å²) < 4.78 is 0. The van der Waals surface area contributed by atoms with E-state index in [1.807, 2.05) is 41.3 Å². The van der Waals surface area contributed by atoms with Crippen LogP contribution in [-0.4, -0.2) is 33.5 Å². The van der Waals surface area contributed by atoms with Crippen molar-refractivity contribution in [3.05, 3.63) is 111 Å². The maximum atomic E-state index is 14.0. The van der Waals surface area contributed by atoms with Gasteiger partial charge in [0, 0.05) is 23.9 Å². The summed E-state index contributed by atoms with van der Waals surface area (Å²) in [6.07, 6.45) is 3.70. The molecule has 0 unspecified atom stereocenters. The fraction of sp³-hybridized carbons (Fsp3) is 0.179. The molecule has 0 aromatic heterocycles. The van der Waals surface area contributed by atoms with Gasteiger partial charge >= 0.3 is 0 Å². The Morgan fingerprint density at radius 1 is 0.917 bits per heavy atom. The maximum absolute atomic E-state index is 14.0. The van der Waals surface area contributed by atoms with Gasteiger partial charge < -0.3 is 4.90 Å². The Labute approximate surface area is 206 Å². The Hall–Kier alpha value is -4.59. The molecule has 8 heteroatoms. The molecular formula is C28H21N3O5. The minimum Gasteiger partial charge on any atom is -0.358 e. The molecule has 4 atom stereocenters. The first kappa shape index (κ1) is 21.9. The van der Waals surface area contributed by atoms with Crippen molar-refractivity contribution in [1.29, 1.82) is 0 Å². The molecule has 2 fully saturated rings. The number of nitro benzene ring substituents is 1. The highest BCUT2D eigenvalue weighted by atomic mass is 16.6. The van der Waals surface area contributed by atoms with Crippen molar-refractivity contribution < 1.29 is 19.3 Å². The Morgan fingerprint density at radius 2 is 1.61 bits per heavy atom. The quantitative estimate of drug-likeness (QED) is 0.239. The van der Waals surface area contributed by atoms with Crippen molar-refractivity contribution in [2.24, 2.45) is 11.8 Å². The smallest absolute Gasteiger partial charge is 0.271 e. The van der Waals surface area contributed by atoms with Gasteiger partial charge in [-0.15, -0.1) is 0 Å². The Bertz CT molecular complexity index is 1480. The molecule has 6 rings (SSSR count). The molecule has 2 amide bonds. The number of anilines is 1. The molecule has 36 heavy (non-hydrogen) atoms. The first-order valence-electron chi connectivity index (χ1n) is 11.6. The Kier molecular flexibility index (Phi) is 4.86. The van der Waals surface area contributed by atoms with E-state index in [1.165, 1.54) is 18.2 Å². The second kappa shape index (κ2) is 7.98. The van der Waals surface area contributed by atoms with Crippen LogP contribution in [0.1, 0.15) is 33.1 Å². The van der Waals surface area contributed by atoms with Crippen LogP contribution in [0.3, 0.4) is 0 Å². The number of rotatable bonds is 4. The molecule has 3 aliphatic heterocycles. The molecule has 3 heterocycles. The number of imide groups is 1. The summed E-state index contributed by atoms with van der Waals surface area (Å²) in [5, 5.41) is 11.4. The number of amides is 2. The number of benzene rings is 3. The number of hydrogen-bond acceptors (Lipinski definition) is 6. The molecule has 178 valence electrons. The highest BCUT2D eigenvalue weighted by molar-refractivity contribution is 6.25. The van der Waals surface area contributed by atoms with Gasteiger partial charge in [-0.05, 0) is 29.7 Å². The van der Waals surface area contributed by atoms with E-state index in [4.69, 9.17) is 0 Å². The average molecular weight is 479 g/mol. The number of Topliss-reactive ketones (excluding diaryl/α,β-unsaturated/α-hetero) is 1. The third-order valence-corrected chi connectivity index (χ3v) is 7.43. The monoisotopic (exact) mass is 479 g/mol. The summed E-state index contributed by atoms with van der Waals surface area (Å²) in [6.45, 7) is 1.70. The maximum Gasteiger partial charge on any atom is 0.271 e. The van der Waals surface area contributed by atoms with Crippen molar-refractivity contribution in [2.75, 3.05) is 4.90 Å². The number of hydrogen-bond donors (Lipinski definition) is 0. The largest absolute Gasteiger partial charge is 0.358 e. The van der Waals surface area contributed by atoms with Gasteiger partial charge in [0.25, 0.3) is 5.69 Å². The van der Waals surface area contributed by atoms with E-state index >= 15 is 0 Å². The number of fused-ring (bicyclic) bond motifs is 5. The molecule has 0 radical (unpaired) electrons. The summed E-state index contributed by atoms with van der Waals surface area (Å²) in [7, 11) is 0. The summed E-state index contributed by atoms with van der Waals surface area (Å²) in [6, 6.07) is 19.1. The molecule has 3 aromatic carbocycles. The van der Waals surface area contributed by atoms with Gasteiger partial charge in [0.05, 0.1) is 28.5 Å². The molecule has 0 bridgehead atoms. The average Bonchev–Trinajstić information content (AvgIpc) is 3.37. The summed E-state index contributed by atoms with van der Waals surface area (Å²) in [5.74, 6) is -2.93. The van der Waals surface area contributed by atoms with Crippen LogP contribution in [-0.2, 0) is 9.59 Å². The summed E-state index contributed by atoms with van der Waals surface area (Å²) in [4.78, 5) is 55.5. The van der Waals surface area contributed by atoms with Gasteiger partial charge in [0.15, 0.2) is 5.78 Å². The fourth-order valence-corrected chi connectivity index (χ4v) is 5.82. The van der Waals surface area contributed by atoms with Crippen molar-refractivity contribution in [3.63, 3.8) is 0 Å². The van der Waals surface area contributed by atoms with Crippen LogP contribution >= 0.6 is 0 Å². The van der Waals surface area contributed by atoms with Crippen LogP contribution in [0.2, 0.25) is 0 Å². The molecule has 3 aromatic rings. The lowest BCUT2D eigenvalue weighted by atomic mass is 9.83. The molecule has 0 aliphatic carbocycles. The normalized spacial score (nSPS) is 23.9. The number of non-ortho nitro benzene ring substituents is 1. The number of nitrogens with zero attached hydrogens (tertiary/aromatic N) is 3. The molecule has 0 saturated carbocycles. The van der Waals surface area contributed by atoms with Crippen molar-refractivity contribution in [1.82, 2.24) is 4.90 Å². The van der Waals surface area contributed by atoms with Crippen LogP contribution in [0, 0.1) is 28.9 Å². The zero-order chi connectivity index (χ0) is 25.1. The summed E-state index contributed by atoms with van der Waals surface area (Å²) >= 11 is 0. The summed E-state index contributed by atoms with van der Waals surface area (Å²) in [5.41, 5.74) is 2.80. The number of carbonyl (C=O) groups excluding carboxylic acids is 3. The van der Waals surface area contributed by atoms with Gasteiger partial charge in [-0.3, -0.25) is 24.5 Å². The zero-order valence-electron chi connectivity index (χ0n) is 19.3. The van der Waals surface area contributed by atoms with E-state index in [9.17, 15) is 24.5 Å². The molecule has 0 spiro atoms. The van der Waals surface area contributed by atoms with E-state index in [0.29, 0.717) is 11.1 Å². The van der Waals surface area contributed by atoms with E-state index in [-0.39, 0.29) is 17.2 Å². The minimum atomic E-state index is -0.926. The Morgan fingerprint density at radius 3 is 2.36 bits per heavy atom. The number of nitro groups is 1. The van der Waals surface area contributed by atoms with Crippen molar-refractivity contribution >= 4 is 35.0 Å². The number of carbonyl (C=O) groups is 3. The molecule has 0 N–H and O–H groups in total. The van der Waals surface area contributed by atoms with E-state index in [2.05, 4.69) is 0 Å². The van der Waals surface area contributed by atoms with Gasteiger partial charge in [-0.25, -0.2) is 4.90 Å². The van der Waals surface area contributed by atoms with Crippen LogP contribution in [0.4, 0.5) is 11.4 Å². The second-order valence-corrected chi connectivity index (χ2v) is 9.30. The lowest BCUT2D eigenvalue weighted by Gasteiger charge is -2.35. The third kappa shape index (κ3) is 3.04. The van der Waals surface area contributed by atoms with Gasteiger partial charge in [-0.1, -0.05) is 60.7 Å². The topological polar surface area (TPSA) is 101 Å². The fourth-order valence-electron chi connectivity index (χ4n) is 5.82. The molecule has 2 saturated heterocycles.